The molecule has 2 aromatic carbocycles. The number of hydrogen-bond acceptors (Lipinski definition) is 4. The minimum absolute atomic E-state index is 0.138. The molecule has 6 nitrogen and oxygen atoms in total. The van der Waals surface area contributed by atoms with Crippen molar-refractivity contribution in [3.8, 4) is 5.75 Å². The first-order valence-corrected chi connectivity index (χ1v) is 11.1. The highest BCUT2D eigenvalue weighted by molar-refractivity contribution is 5.98. The SMILES string of the molecule is COc1cccc(C(=O)N2C(C(=O)NCc3cccc(F)c3)COC23CCC(C)CC3)c1. The number of hydrogen-bond donors (Lipinski definition) is 1. The summed E-state index contributed by atoms with van der Waals surface area (Å²) >= 11 is 0. The van der Waals surface area contributed by atoms with Crippen LogP contribution in [0.15, 0.2) is 48.5 Å². The first-order chi connectivity index (χ1) is 15.4. The summed E-state index contributed by atoms with van der Waals surface area (Å²) < 4.78 is 25.0. The van der Waals surface area contributed by atoms with Crippen LogP contribution in [0.25, 0.3) is 0 Å². The fourth-order valence-electron chi connectivity index (χ4n) is 4.63. The zero-order valence-electron chi connectivity index (χ0n) is 18.5. The predicted molar refractivity (Wildman–Crippen MR) is 118 cm³/mol. The van der Waals surface area contributed by atoms with Gasteiger partial charge in [0.05, 0.1) is 13.7 Å². The van der Waals surface area contributed by atoms with E-state index in [-0.39, 0.29) is 30.8 Å². The van der Waals surface area contributed by atoms with E-state index in [1.54, 1.807) is 48.4 Å². The minimum Gasteiger partial charge on any atom is -0.497 e. The molecule has 2 fully saturated rings. The smallest absolute Gasteiger partial charge is 0.257 e. The number of carbonyl (C=O) groups is 2. The van der Waals surface area contributed by atoms with Gasteiger partial charge >= 0.3 is 0 Å². The number of ether oxygens (including phenoxy) is 2. The van der Waals surface area contributed by atoms with E-state index in [0.717, 1.165) is 12.8 Å². The van der Waals surface area contributed by atoms with Crippen molar-refractivity contribution in [1.82, 2.24) is 10.2 Å². The molecule has 32 heavy (non-hydrogen) atoms. The average Bonchev–Trinajstić information content (AvgIpc) is 3.18. The number of rotatable bonds is 5. The lowest BCUT2D eigenvalue weighted by atomic mass is 9.83. The van der Waals surface area contributed by atoms with Crippen molar-refractivity contribution in [2.24, 2.45) is 5.92 Å². The van der Waals surface area contributed by atoms with E-state index < -0.39 is 11.8 Å². The van der Waals surface area contributed by atoms with Gasteiger partial charge in [0.15, 0.2) is 0 Å². The Morgan fingerprint density at radius 1 is 1.19 bits per heavy atom. The summed E-state index contributed by atoms with van der Waals surface area (Å²) in [6, 6.07) is 12.3. The molecule has 1 aliphatic heterocycles. The Balaban J connectivity index is 1.58. The zero-order chi connectivity index (χ0) is 22.7. The van der Waals surface area contributed by atoms with E-state index >= 15 is 0 Å². The van der Waals surface area contributed by atoms with E-state index in [9.17, 15) is 14.0 Å². The molecular formula is C25H29FN2O4. The second kappa shape index (κ2) is 9.28. The van der Waals surface area contributed by atoms with Crippen LogP contribution in [0.1, 0.15) is 48.5 Å². The molecule has 1 unspecified atom stereocenters. The molecule has 1 aliphatic carbocycles. The van der Waals surface area contributed by atoms with E-state index in [1.807, 2.05) is 0 Å². The van der Waals surface area contributed by atoms with Gasteiger partial charge in [0.2, 0.25) is 5.91 Å². The van der Waals surface area contributed by atoms with Crippen molar-refractivity contribution < 1.29 is 23.5 Å². The lowest BCUT2D eigenvalue weighted by Gasteiger charge is -2.43. The Labute approximate surface area is 187 Å². The van der Waals surface area contributed by atoms with Crippen LogP contribution in [0.2, 0.25) is 0 Å². The maximum Gasteiger partial charge on any atom is 0.257 e. The normalized spacial score (nSPS) is 25.0. The Kier molecular flexibility index (Phi) is 6.46. The molecule has 2 aliphatic rings. The molecule has 170 valence electrons. The van der Waals surface area contributed by atoms with Gasteiger partial charge in [-0.25, -0.2) is 4.39 Å². The van der Waals surface area contributed by atoms with Crippen molar-refractivity contribution in [1.29, 1.82) is 0 Å². The lowest BCUT2D eigenvalue weighted by Crippen LogP contribution is -2.56. The van der Waals surface area contributed by atoms with Gasteiger partial charge in [-0.05, 0) is 67.5 Å². The van der Waals surface area contributed by atoms with E-state index in [1.165, 1.54) is 12.1 Å². The monoisotopic (exact) mass is 440 g/mol. The number of methoxy groups -OCH3 is 1. The Bertz CT molecular complexity index is 987. The van der Waals surface area contributed by atoms with Crippen LogP contribution in [-0.2, 0) is 16.1 Å². The van der Waals surface area contributed by atoms with Gasteiger partial charge < -0.3 is 14.8 Å². The third-order valence-corrected chi connectivity index (χ3v) is 6.51. The van der Waals surface area contributed by atoms with Gasteiger partial charge in [-0.15, -0.1) is 0 Å². The number of halogens is 1. The summed E-state index contributed by atoms with van der Waals surface area (Å²) in [6.07, 6.45) is 3.24. The van der Waals surface area contributed by atoms with Gasteiger partial charge in [-0.2, -0.15) is 0 Å². The van der Waals surface area contributed by atoms with Gasteiger partial charge in [0.1, 0.15) is 23.3 Å². The predicted octanol–water partition coefficient (Wildman–Crippen LogP) is 3.90. The van der Waals surface area contributed by atoms with Crippen molar-refractivity contribution in [2.45, 2.75) is 50.9 Å². The number of carbonyl (C=O) groups excluding carboxylic acids is 2. The highest BCUT2D eigenvalue weighted by atomic mass is 19.1. The topological polar surface area (TPSA) is 67.9 Å². The molecule has 1 spiro atoms. The second-order valence-electron chi connectivity index (χ2n) is 8.71. The molecule has 7 heteroatoms. The Morgan fingerprint density at radius 3 is 2.66 bits per heavy atom. The standard InChI is InChI=1S/C25H29FN2O4/c1-17-9-11-25(12-10-17)28(24(30)19-6-4-8-21(14-19)31-2)22(16-32-25)23(29)27-15-18-5-3-7-20(26)13-18/h3-8,13-14,17,22H,9-12,15-16H2,1-2H3,(H,27,29). The molecular weight excluding hydrogens is 411 g/mol. The molecule has 1 saturated heterocycles. The van der Waals surface area contributed by atoms with Gasteiger partial charge in [0, 0.05) is 12.1 Å². The fourth-order valence-corrected chi connectivity index (χ4v) is 4.63. The highest BCUT2D eigenvalue weighted by Gasteiger charge is 2.53. The Hall–Kier alpha value is -2.93. The van der Waals surface area contributed by atoms with Crippen LogP contribution in [0, 0.1) is 11.7 Å². The summed E-state index contributed by atoms with van der Waals surface area (Å²) in [5.41, 5.74) is 0.327. The van der Waals surface area contributed by atoms with E-state index in [2.05, 4.69) is 12.2 Å². The fraction of sp³-hybridized carbons (Fsp3) is 0.440. The van der Waals surface area contributed by atoms with Crippen LogP contribution in [0.5, 0.6) is 5.75 Å². The van der Waals surface area contributed by atoms with Crippen molar-refractivity contribution in [2.75, 3.05) is 13.7 Å². The summed E-state index contributed by atoms with van der Waals surface area (Å²) in [6.45, 7) is 2.51. The zero-order valence-corrected chi connectivity index (χ0v) is 18.5. The van der Waals surface area contributed by atoms with Crippen LogP contribution < -0.4 is 10.1 Å². The molecule has 0 bridgehead atoms. The number of nitrogens with one attached hydrogen (secondary N) is 1. The molecule has 2 aromatic rings. The summed E-state index contributed by atoms with van der Waals surface area (Å²) in [5.74, 6) is 0.224. The van der Waals surface area contributed by atoms with Gasteiger partial charge in [0.25, 0.3) is 5.91 Å². The molecule has 0 aromatic heterocycles. The van der Waals surface area contributed by atoms with E-state index in [4.69, 9.17) is 9.47 Å². The molecule has 2 amide bonds. The third kappa shape index (κ3) is 4.48. The third-order valence-electron chi connectivity index (χ3n) is 6.51. The number of nitrogens with zero attached hydrogens (tertiary/aromatic N) is 1. The molecule has 1 atom stereocenters. The van der Waals surface area contributed by atoms with Crippen molar-refractivity contribution in [3.63, 3.8) is 0 Å². The van der Waals surface area contributed by atoms with E-state index in [0.29, 0.717) is 35.6 Å². The van der Waals surface area contributed by atoms with Crippen molar-refractivity contribution >= 4 is 11.8 Å². The summed E-state index contributed by atoms with van der Waals surface area (Å²) in [4.78, 5) is 28.5. The van der Waals surface area contributed by atoms with Crippen LogP contribution >= 0.6 is 0 Å². The second-order valence-corrected chi connectivity index (χ2v) is 8.71. The van der Waals surface area contributed by atoms with Crippen molar-refractivity contribution in [3.05, 3.63) is 65.5 Å². The number of amides is 2. The van der Waals surface area contributed by atoms with Gasteiger partial charge in [-0.3, -0.25) is 14.5 Å². The maximum absolute atomic E-state index is 13.7. The molecule has 1 N–H and O–H groups in total. The average molecular weight is 441 g/mol. The minimum atomic E-state index is -0.784. The van der Waals surface area contributed by atoms with Crippen LogP contribution in [-0.4, -0.2) is 42.2 Å². The highest BCUT2D eigenvalue weighted by Crippen LogP contribution is 2.43. The summed E-state index contributed by atoms with van der Waals surface area (Å²) in [5, 5.41) is 2.85. The largest absolute Gasteiger partial charge is 0.497 e. The van der Waals surface area contributed by atoms with Gasteiger partial charge in [-0.1, -0.05) is 25.1 Å². The Morgan fingerprint density at radius 2 is 1.94 bits per heavy atom. The van der Waals surface area contributed by atoms with Crippen LogP contribution in [0.4, 0.5) is 4.39 Å². The summed E-state index contributed by atoms with van der Waals surface area (Å²) in [7, 11) is 1.55. The van der Waals surface area contributed by atoms with Crippen LogP contribution in [0.3, 0.4) is 0 Å². The first-order valence-electron chi connectivity index (χ1n) is 11.1. The molecule has 1 saturated carbocycles. The lowest BCUT2D eigenvalue weighted by molar-refractivity contribution is -0.128. The first kappa shape index (κ1) is 22.3. The maximum atomic E-state index is 13.7. The molecule has 4 rings (SSSR count). The molecule has 0 radical (unpaired) electrons. The quantitative estimate of drug-likeness (QED) is 0.766. The number of benzene rings is 2. The molecule has 1 heterocycles.